The second-order valence-electron chi connectivity index (χ2n) is 11.7. The van der Waals surface area contributed by atoms with Gasteiger partial charge in [0.25, 0.3) is 0 Å². The van der Waals surface area contributed by atoms with Crippen LogP contribution in [0.1, 0.15) is 41.5 Å². The maximum atomic E-state index is 12.7. The largest absolute Gasteiger partial charge is 0.384 e. The average Bonchev–Trinajstić information content (AvgIpc) is 3.28. The first kappa shape index (κ1) is 30.7. The van der Waals surface area contributed by atoms with Crippen LogP contribution in [0.2, 0.25) is 0 Å². The van der Waals surface area contributed by atoms with Crippen molar-refractivity contribution in [1.82, 2.24) is 0 Å². The lowest BCUT2D eigenvalue weighted by Gasteiger charge is -2.54. The molecule has 6 atom stereocenters. The van der Waals surface area contributed by atoms with Crippen LogP contribution in [0.4, 0.5) is 0 Å². The highest BCUT2D eigenvalue weighted by atomic mass is 16.6. The highest BCUT2D eigenvalue weighted by Gasteiger charge is 2.62. The van der Waals surface area contributed by atoms with Gasteiger partial charge < -0.3 is 28.8 Å². The van der Waals surface area contributed by atoms with Gasteiger partial charge in [0.2, 0.25) is 0 Å². The lowest BCUT2D eigenvalue weighted by Crippen LogP contribution is -2.72. The van der Waals surface area contributed by atoms with E-state index in [1.807, 2.05) is 121 Å². The molecule has 2 unspecified atom stereocenters. The number of ether oxygens (including phenoxy) is 5. The van der Waals surface area contributed by atoms with Crippen molar-refractivity contribution in [1.29, 1.82) is 0 Å². The van der Waals surface area contributed by atoms with Crippen molar-refractivity contribution in [3.05, 3.63) is 144 Å². The van der Waals surface area contributed by atoms with Crippen LogP contribution >= 0.6 is 0 Å². The minimum Gasteiger partial charge on any atom is -0.384 e. The first-order valence-corrected chi connectivity index (χ1v) is 15.7. The Morgan fingerprint density at radius 2 is 0.932 bits per heavy atom. The van der Waals surface area contributed by atoms with Crippen molar-refractivity contribution in [3.8, 4) is 0 Å². The molecule has 1 heterocycles. The molecule has 1 saturated heterocycles. The zero-order valence-electron chi connectivity index (χ0n) is 25.1. The summed E-state index contributed by atoms with van der Waals surface area (Å²) in [5.74, 6) is 0. The average molecular weight is 595 g/mol. The van der Waals surface area contributed by atoms with Crippen molar-refractivity contribution in [2.24, 2.45) is 0 Å². The van der Waals surface area contributed by atoms with Crippen LogP contribution in [0.25, 0.3) is 0 Å². The fraction of sp³-hybridized carbons (Fsp3) is 0.368. The van der Waals surface area contributed by atoms with E-state index in [0.29, 0.717) is 39.5 Å². The van der Waals surface area contributed by atoms with E-state index in [9.17, 15) is 5.11 Å². The van der Waals surface area contributed by atoms with Gasteiger partial charge in [-0.15, -0.1) is 0 Å². The summed E-state index contributed by atoms with van der Waals surface area (Å²) in [6.07, 6.45) is -1.01. The third-order valence-electron chi connectivity index (χ3n) is 8.63. The van der Waals surface area contributed by atoms with E-state index < -0.39 is 36.1 Å². The molecule has 0 amide bonds. The first-order valence-electron chi connectivity index (χ1n) is 15.7. The van der Waals surface area contributed by atoms with Gasteiger partial charge in [-0.25, -0.2) is 0 Å². The van der Waals surface area contributed by atoms with E-state index in [1.165, 1.54) is 0 Å². The lowest BCUT2D eigenvalue weighted by atomic mass is 9.72. The smallest absolute Gasteiger partial charge is 0.122 e. The summed E-state index contributed by atoms with van der Waals surface area (Å²) < 4.78 is 33.4. The maximum Gasteiger partial charge on any atom is 0.122 e. The standard InChI is InChI=1S/C38H42O6/c39-38-23-13-14-24-40-36(38)34(42-26-30-17-7-2-8-18-30)33(41-25-29-15-5-1-6-16-29)35(43-27-31-19-9-3-10-20-31)37(38)44-28-32-21-11-4-12-22-32/h1-12,15-22,33-37,39H,13-14,23-28H2/t33-,34?,35+,36+,37?,38+/m0/s1. The van der Waals surface area contributed by atoms with E-state index in [2.05, 4.69) is 0 Å². The van der Waals surface area contributed by atoms with E-state index >= 15 is 0 Å². The van der Waals surface area contributed by atoms with Crippen LogP contribution in [0.5, 0.6) is 0 Å². The quantitative estimate of drug-likeness (QED) is 0.198. The number of fused-ring (bicyclic) bond motifs is 1. The Morgan fingerprint density at radius 1 is 0.523 bits per heavy atom. The Kier molecular flexibility index (Phi) is 10.5. The van der Waals surface area contributed by atoms with Crippen LogP contribution in [0.3, 0.4) is 0 Å². The molecule has 0 spiro atoms. The van der Waals surface area contributed by atoms with Crippen molar-refractivity contribution in [2.75, 3.05) is 6.61 Å². The number of hydrogen-bond donors (Lipinski definition) is 1. The van der Waals surface area contributed by atoms with Gasteiger partial charge in [0.15, 0.2) is 0 Å². The van der Waals surface area contributed by atoms with Crippen LogP contribution in [0, 0.1) is 0 Å². The zero-order chi connectivity index (χ0) is 30.0. The topological polar surface area (TPSA) is 66.4 Å². The molecule has 2 fully saturated rings. The van der Waals surface area contributed by atoms with E-state index in [0.717, 1.165) is 35.1 Å². The molecule has 4 aromatic carbocycles. The first-order chi connectivity index (χ1) is 21.7. The minimum atomic E-state index is -1.35. The molecule has 0 radical (unpaired) electrons. The molecule has 6 heteroatoms. The predicted molar refractivity (Wildman–Crippen MR) is 169 cm³/mol. The van der Waals surface area contributed by atoms with Gasteiger partial charge in [-0.2, -0.15) is 0 Å². The second kappa shape index (κ2) is 15.1. The summed E-state index contributed by atoms with van der Waals surface area (Å²) in [6.45, 7) is 1.91. The van der Waals surface area contributed by atoms with Crippen LogP contribution < -0.4 is 0 Å². The van der Waals surface area contributed by atoms with Gasteiger partial charge in [0.1, 0.15) is 36.1 Å². The van der Waals surface area contributed by atoms with E-state index in [-0.39, 0.29) is 0 Å². The van der Waals surface area contributed by atoms with Gasteiger partial charge in [-0.05, 0) is 41.5 Å². The highest BCUT2D eigenvalue weighted by molar-refractivity contribution is 5.19. The van der Waals surface area contributed by atoms with Crippen molar-refractivity contribution in [3.63, 3.8) is 0 Å². The van der Waals surface area contributed by atoms with Crippen molar-refractivity contribution in [2.45, 2.75) is 81.8 Å². The van der Waals surface area contributed by atoms with Crippen molar-refractivity contribution >= 4 is 0 Å². The zero-order valence-corrected chi connectivity index (χ0v) is 25.1. The van der Waals surface area contributed by atoms with Gasteiger partial charge in [0, 0.05) is 6.61 Å². The minimum absolute atomic E-state index is 0.326. The summed E-state index contributed by atoms with van der Waals surface area (Å²) in [6, 6.07) is 40.3. The third-order valence-corrected chi connectivity index (χ3v) is 8.63. The molecule has 4 aromatic rings. The maximum absolute atomic E-state index is 12.7. The third kappa shape index (κ3) is 7.46. The second-order valence-corrected chi connectivity index (χ2v) is 11.7. The lowest BCUT2D eigenvalue weighted by molar-refractivity contribution is -0.312. The Labute approximate surface area is 260 Å². The molecule has 6 nitrogen and oxygen atoms in total. The molecule has 1 saturated carbocycles. The Morgan fingerprint density at radius 3 is 1.41 bits per heavy atom. The highest BCUT2D eigenvalue weighted by Crippen LogP contribution is 2.43. The molecule has 1 aliphatic carbocycles. The molecule has 0 aromatic heterocycles. The molecule has 230 valence electrons. The SMILES string of the molecule is O[C@]12CCCCO[C@@H]1C(OCc1ccccc1)[C@H](OCc1ccccc1)[C@@H](OCc1ccccc1)C2OCc1ccccc1. The summed E-state index contributed by atoms with van der Waals surface area (Å²) in [4.78, 5) is 0. The van der Waals surface area contributed by atoms with Gasteiger partial charge in [-0.3, -0.25) is 0 Å². The molecule has 6 rings (SSSR count). The molecular formula is C38H42O6. The summed E-state index contributed by atoms with van der Waals surface area (Å²) >= 11 is 0. The fourth-order valence-corrected chi connectivity index (χ4v) is 6.36. The fourth-order valence-electron chi connectivity index (χ4n) is 6.36. The summed E-state index contributed by atoms with van der Waals surface area (Å²) in [7, 11) is 0. The number of hydrogen-bond acceptors (Lipinski definition) is 6. The van der Waals surface area contributed by atoms with Crippen LogP contribution in [-0.4, -0.2) is 47.8 Å². The Hall–Kier alpha value is -3.36. The van der Waals surface area contributed by atoms with Gasteiger partial charge in [-0.1, -0.05) is 121 Å². The van der Waals surface area contributed by atoms with Crippen molar-refractivity contribution < 1.29 is 28.8 Å². The summed E-state index contributed by atoms with van der Waals surface area (Å²) in [5, 5.41) is 12.7. The van der Waals surface area contributed by atoms with Crippen LogP contribution in [-0.2, 0) is 50.1 Å². The molecular weight excluding hydrogens is 552 g/mol. The van der Waals surface area contributed by atoms with E-state index in [1.54, 1.807) is 0 Å². The Balaban J connectivity index is 1.37. The molecule has 44 heavy (non-hydrogen) atoms. The Bertz CT molecular complexity index is 1390. The van der Waals surface area contributed by atoms with E-state index in [4.69, 9.17) is 23.7 Å². The number of benzene rings is 4. The summed E-state index contributed by atoms with van der Waals surface area (Å²) in [5.41, 5.74) is 2.79. The molecule has 1 N–H and O–H groups in total. The predicted octanol–water partition coefficient (Wildman–Crippen LogP) is 6.64. The molecule has 1 aliphatic heterocycles. The number of aliphatic hydroxyl groups is 1. The monoisotopic (exact) mass is 594 g/mol. The molecule has 2 aliphatic rings. The van der Waals surface area contributed by atoms with Gasteiger partial charge in [0.05, 0.1) is 26.4 Å². The number of rotatable bonds is 12. The molecule has 0 bridgehead atoms. The van der Waals surface area contributed by atoms with Crippen LogP contribution in [0.15, 0.2) is 121 Å². The van der Waals surface area contributed by atoms with Gasteiger partial charge >= 0.3 is 0 Å². The normalized spacial score (nSPS) is 26.9.